The van der Waals surface area contributed by atoms with Gasteiger partial charge in [-0.3, -0.25) is 14.5 Å². The number of nitrogens with one attached hydrogen (secondary N) is 2. The van der Waals surface area contributed by atoms with Gasteiger partial charge >= 0.3 is 6.09 Å². The zero-order valence-electron chi connectivity index (χ0n) is 21.5. The molecule has 3 N–H and O–H groups in total. The summed E-state index contributed by atoms with van der Waals surface area (Å²) in [6.45, 7) is 4.56. The van der Waals surface area contributed by atoms with Gasteiger partial charge in [-0.2, -0.15) is 0 Å². The van der Waals surface area contributed by atoms with E-state index in [4.69, 9.17) is 32.7 Å². The summed E-state index contributed by atoms with van der Waals surface area (Å²) in [5.41, 5.74) is -0.721. The predicted molar refractivity (Wildman–Crippen MR) is 147 cm³/mol. The van der Waals surface area contributed by atoms with Gasteiger partial charge in [-0.05, 0) is 57.9 Å². The van der Waals surface area contributed by atoms with E-state index in [1.54, 1.807) is 20.8 Å². The van der Waals surface area contributed by atoms with E-state index < -0.39 is 48.0 Å². The molecule has 0 bridgehead atoms. The van der Waals surface area contributed by atoms with Gasteiger partial charge in [0.2, 0.25) is 5.91 Å². The number of amides is 3. The van der Waals surface area contributed by atoms with Crippen molar-refractivity contribution >= 4 is 61.8 Å². The van der Waals surface area contributed by atoms with Crippen molar-refractivity contribution < 1.29 is 33.4 Å². The van der Waals surface area contributed by atoms with Crippen LogP contribution in [0.2, 0.25) is 10.0 Å². The summed E-state index contributed by atoms with van der Waals surface area (Å²) >= 11 is 11.5. The topological polar surface area (TPSA) is 117 Å². The Morgan fingerprint density at radius 3 is 2.54 bits per heavy atom. The van der Waals surface area contributed by atoms with Crippen molar-refractivity contribution in [3.8, 4) is 11.5 Å². The molecule has 0 aliphatic carbocycles. The molecule has 0 saturated carbocycles. The average Bonchev–Trinajstić information content (AvgIpc) is 2.99. The van der Waals surface area contributed by atoms with Crippen molar-refractivity contribution in [2.24, 2.45) is 0 Å². The molecule has 2 radical (unpaired) electrons. The molecular weight excluding hydrogens is 568 g/mol. The number of nitrogens with zero attached hydrogens (tertiary/aromatic N) is 1. The van der Waals surface area contributed by atoms with Crippen LogP contribution in [0.3, 0.4) is 0 Å². The quantitative estimate of drug-likeness (QED) is 0.342. The van der Waals surface area contributed by atoms with E-state index in [2.05, 4.69) is 20.5 Å². The van der Waals surface area contributed by atoms with Gasteiger partial charge in [0.05, 0.1) is 16.8 Å². The highest BCUT2D eigenvalue weighted by Crippen LogP contribution is 2.28. The van der Waals surface area contributed by atoms with E-state index in [1.807, 2.05) is 0 Å². The highest BCUT2D eigenvalue weighted by molar-refractivity contribution is 6.40. The zero-order valence-corrected chi connectivity index (χ0v) is 24.0. The molecule has 0 unspecified atom stereocenters. The fourth-order valence-electron chi connectivity index (χ4n) is 3.76. The summed E-state index contributed by atoms with van der Waals surface area (Å²) < 4.78 is 24.6. The number of phenols is 1. The number of aromatic hydroxyl groups is 1. The van der Waals surface area contributed by atoms with Crippen molar-refractivity contribution in [1.82, 2.24) is 10.2 Å². The molecule has 1 fully saturated rings. The number of carbonyl (C=O) groups is 3. The molecule has 13 heteroatoms. The SMILES string of the molecule is CC(C)(C)OC(=O)N1C[C@@H](NC(=O)COc2ccc(Cl)c(F)c2)C(=[Si])CC[C@@H]1C(=O)Nc1ccc(Cl)cc1O. The number of rotatable bonds is 6. The van der Waals surface area contributed by atoms with Crippen molar-refractivity contribution in [2.45, 2.75) is 51.3 Å². The molecule has 2 atom stereocenters. The predicted octanol–water partition coefficient (Wildman–Crippen LogP) is 4.08. The minimum atomic E-state index is -0.989. The number of benzene rings is 2. The molecule has 3 amide bonds. The number of likely N-dealkylation sites (tertiary alicyclic amines) is 1. The molecule has 1 aliphatic rings. The molecule has 2 aromatic carbocycles. The van der Waals surface area contributed by atoms with Gasteiger partial charge in [0.1, 0.15) is 29.0 Å². The Labute approximate surface area is 238 Å². The van der Waals surface area contributed by atoms with Crippen LogP contribution >= 0.6 is 23.2 Å². The van der Waals surface area contributed by atoms with Gasteiger partial charge < -0.3 is 25.2 Å². The van der Waals surface area contributed by atoms with E-state index in [-0.39, 0.29) is 40.2 Å². The minimum absolute atomic E-state index is 0.0735. The molecule has 1 aliphatic heterocycles. The summed E-state index contributed by atoms with van der Waals surface area (Å²) in [4.78, 5) is 40.4. The Morgan fingerprint density at radius 1 is 1.18 bits per heavy atom. The molecule has 0 spiro atoms. The number of carbonyl (C=O) groups excluding carboxylic acids is 3. The van der Waals surface area contributed by atoms with Crippen LogP contribution in [0.1, 0.15) is 33.6 Å². The third-order valence-corrected chi connectivity index (χ3v) is 6.75. The van der Waals surface area contributed by atoms with E-state index in [0.29, 0.717) is 11.6 Å². The normalized spacial score (nSPS) is 17.7. The zero-order chi connectivity index (χ0) is 28.9. The molecule has 3 rings (SSSR count). The Morgan fingerprint density at radius 2 is 1.90 bits per heavy atom. The molecule has 9 nitrogen and oxygen atoms in total. The van der Waals surface area contributed by atoms with Gasteiger partial charge in [0, 0.05) is 33.6 Å². The lowest BCUT2D eigenvalue weighted by atomic mass is 10.1. The maximum absolute atomic E-state index is 13.7. The fourth-order valence-corrected chi connectivity index (χ4v) is 4.35. The van der Waals surface area contributed by atoms with Gasteiger partial charge in [0.25, 0.3) is 5.91 Å². The maximum atomic E-state index is 13.7. The molecule has 1 saturated heterocycles. The van der Waals surface area contributed by atoms with Crippen molar-refractivity contribution in [3.63, 3.8) is 0 Å². The van der Waals surface area contributed by atoms with Crippen molar-refractivity contribution in [2.75, 3.05) is 18.5 Å². The lowest BCUT2D eigenvalue weighted by Gasteiger charge is -2.33. The Hall–Kier alpha value is -3.15. The van der Waals surface area contributed by atoms with Crippen LogP contribution in [-0.4, -0.2) is 73.8 Å². The number of phenolic OH excluding ortho intramolecular Hbond substituents is 1. The second-order valence-corrected chi connectivity index (χ2v) is 11.3. The highest BCUT2D eigenvalue weighted by Gasteiger charge is 2.38. The van der Waals surface area contributed by atoms with Crippen LogP contribution in [0.5, 0.6) is 11.5 Å². The van der Waals surface area contributed by atoms with Crippen LogP contribution in [0.25, 0.3) is 0 Å². The lowest BCUT2D eigenvalue weighted by molar-refractivity contribution is -0.123. The summed E-state index contributed by atoms with van der Waals surface area (Å²) in [6.07, 6.45) is -0.225. The number of halogens is 3. The summed E-state index contributed by atoms with van der Waals surface area (Å²) in [6, 6.07) is 6.35. The van der Waals surface area contributed by atoms with E-state index in [1.165, 1.54) is 35.2 Å². The monoisotopic (exact) mass is 595 g/mol. The van der Waals surface area contributed by atoms with Crippen LogP contribution < -0.4 is 15.4 Å². The molecular formula is C26H28Cl2FN3O6Si. The van der Waals surface area contributed by atoms with Gasteiger partial charge in [-0.1, -0.05) is 28.4 Å². The average molecular weight is 597 g/mol. The largest absolute Gasteiger partial charge is 0.506 e. The molecule has 2 aromatic rings. The first kappa shape index (κ1) is 30.4. The third kappa shape index (κ3) is 8.67. The number of ether oxygens (including phenoxy) is 2. The molecule has 1 heterocycles. The van der Waals surface area contributed by atoms with Crippen LogP contribution in [0.4, 0.5) is 14.9 Å². The first-order valence-electron chi connectivity index (χ1n) is 12.0. The van der Waals surface area contributed by atoms with Crippen molar-refractivity contribution in [1.29, 1.82) is 0 Å². The first-order valence-corrected chi connectivity index (χ1v) is 13.2. The van der Waals surface area contributed by atoms with Gasteiger partial charge in [-0.15, -0.1) is 0 Å². The number of hydrogen-bond donors (Lipinski definition) is 3. The van der Waals surface area contributed by atoms with Gasteiger partial charge in [0.15, 0.2) is 6.61 Å². The van der Waals surface area contributed by atoms with Crippen LogP contribution in [0, 0.1) is 5.82 Å². The van der Waals surface area contributed by atoms with Crippen molar-refractivity contribution in [3.05, 3.63) is 52.3 Å². The van der Waals surface area contributed by atoms with Crippen LogP contribution in [-0.2, 0) is 14.3 Å². The summed E-state index contributed by atoms with van der Waals surface area (Å²) in [5.74, 6) is -1.89. The smallest absolute Gasteiger partial charge is 0.411 e. The van der Waals surface area contributed by atoms with E-state index >= 15 is 0 Å². The van der Waals surface area contributed by atoms with E-state index in [9.17, 15) is 23.9 Å². The standard InChI is InChI=1S/C26H28Cl2FN3O6Si/c1-26(2,3)38-25(36)32-12-19(30-23(34)13-37-15-5-6-16(28)17(29)11-15)22(39)9-8-20(32)24(35)31-18-7-4-14(27)10-21(18)33/h4-7,10-11,19-20,33H,8-9,12-13H2,1-3H3,(H,30,34)(H,31,35)/t19-,20-/m1/s1. The minimum Gasteiger partial charge on any atom is -0.506 e. The fraction of sp³-hybridized carbons (Fsp3) is 0.385. The Kier molecular flexibility index (Phi) is 9.97. The second-order valence-electron chi connectivity index (χ2n) is 9.85. The lowest BCUT2D eigenvalue weighted by Crippen LogP contribution is -2.54. The third-order valence-electron chi connectivity index (χ3n) is 5.61. The molecule has 0 aromatic heterocycles. The summed E-state index contributed by atoms with van der Waals surface area (Å²) in [7, 11) is 3.54. The number of anilines is 1. The highest BCUT2D eigenvalue weighted by atomic mass is 35.5. The number of hydrogen-bond acceptors (Lipinski definition) is 6. The molecule has 39 heavy (non-hydrogen) atoms. The molecule has 208 valence electrons. The first-order chi connectivity index (χ1) is 18.2. The van der Waals surface area contributed by atoms with Crippen LogP contribution in [0.15, 0.2) is 36.4 Å². The summed E-state index contributed by atoms with van der Waals surface area (Å²) in [5, 5.41) is 16.4. The second kappa shape index (κ2) is 12.8. The Bertz CT molecular complexity index is 1270. The van der Waals surface area contributed by atoms with Gasteiger partial charge in [-0.25, -0.2) is 9.18 Å². The van der Waals surface area contributed by atoms with E-state index in [0.717, 1.165) is 6.07 Å². The maximum Gasteiger partial charge on any atom is 0.411 e. The Balaban J connectivity index is 1.76.